The zero-order valence-electron chi connectivity index (χ0n) is 19.4. The Hall–Kier alpha value is -1.18. The van der Waals surface area contributed by atoms with Crippen molar-refractivity contribution in [2.24, 2.45) is 0 Å². The van der Waals surface area contributed by atoms with Crippen molar-refractivity contribution in [2.45, 2.75) is 55.4 Å². The van der Waals surface area contributed by atoms with Gasteiger partial charge >= 0.3 is 24.8 Å². The van der Waals surface area contributed by atoms with Crippen molar-refractivity contribution >= 4 is 26.4 Å². The van der Waals surface area contributed by atoms with Gasteiger partial charge in [0.15, 0.2) is 0 Å². The molecular formula is C27H32Cl2Ti-2. The van der Waals surface area contributed by atoms with E-state index in [9.17, 15) is 0 Å². The van der Waals surface area contributed by atoms with E-state index in [1.807, 2.05) is 0 Å². The van der Waals surface area contributed by atoms with Crippen molar-refractivity contribution < 1.29 is 44.8 Å². The minimum Gasteiger partial charge on any atom is -1.00 e. The number of hydrogen-bond acceptors (Lipinski definition) is 0. The van der Waals surface area contributed by atoms with Crippen LogP contribution in [-0.4, -0.2) is 4.82 Å². The molecule has 0 radical (unpaired) electrons. The van der Waals surface area contributed by atoms with Gasteiger partial charge in [0.1, 0.15) is 0 Å². The van der Waals surface area contributed by atoms with Gasteiger partial charge in [0.25, 0.3) is 0 Å². The maximum atomic E-state index is 3.25. The second-order valence-corrected chi connectivity index (χ2v) is 7.85. The van der Waals surface area contributed by atoms with E-state index in [0.717, 1.165) is 0 Å². The molecular weight excluding hydrogens is 443 g/mol. The predicted octanol–water partition coefficient (Wildman–Crippen LogP) is 1.56. The number of halogens is 2. The standard InChI is InChI=1S/2C13H15.CH2.2ClH.Ti/c2*1-8-5-6-12-7-9(2)11(4)13(12)10(8)3;;;;/h2*5-7H,1-4H3;1H2;2*1H;/q2*-1;;;;+2/p-2. The second kappa shape index (κ2) is 12.0. The Morgan fingerprint density at radius 2 is 0.833 bits per heavy atom. The third kappa shape index (κ3) is 5.54. The van der Waals surface area contributed by atoms with E-state index < -0.39 is 0 Å². The fourth-order valence-electron chi connectivity index (χ4n) is 3.99. The summed E-state index contributed by atoms with van der Waals surface area (Å²) in [6.45, 7) is 17.6. The maximum Gasteiger partial charge on any atom is -1.00 e. The molecule has 0 aliphatic rings. The van der Waals surface area contributed by atoms with Gasteiger partial charge in [0, 0.05) is 0 Å². The minimum atomic E-state index is 0. The molecule has 0 aliphatic heterocycles. The average molecular weight is 475 g/mol. The van der Waals surface area contributed by atoms with Crippen molar-refractivity contribution in [2.75, 3.05) is 0 Å². The fourth-order valence-corrected chi connectivity index (χ4v) is 3.99. The Morgan fingerprint density at radius 3 is 1.13 bits per heavy atom. The first-order chi connectivity index (χ1) is 13.2. The molecule has 3 heteroatoms. The van der Waals surface area contributed by atoms with Crippen LogP contribution in [0.15, 0.2) is 36.4 Å². The van der Waals surface area contributed by atoms with Crippen LogP contribution in [0.5, 0.6) is 0 Å². The summed E-state index contributed by atoms with van der Waals surface area (Å²) in [5.74, 6) is 0. The van der Waals surface area contributed by atoms with Gasteiger partial charge in [0.05, 0.1) is 0 Å². The van der Waals surface area contributed by atoms with Crippen LogP contribution in [0, 0.1) is 55.4 Å². The second-order valence-electron chi connectivity index (χ2n) is 7.85. The van der Waals surface area contributed by atoms with E-state index >= 15 is 0 Å². The summed E-state index contributed by atoms with van der Waals surface area (Å²) < 4.78 is 0. The summed E-state index contributed by atoms with van der Waals surface area (Å²) in [7, 11) is 0. The molecule has 0 aliphatic carbocycles. The minimum absolute atomic E-state index is 0. The van der Waals surface area contributed by atoms with E-state index in [4.69, 9.17) is 0 Å². The first kappa shape index (κ1) is 28.8. The third-order valence-electron chi connectivity index (χ3n) is 6.21. The van der Waals surface area contributed by atoms with Crippen molar-refractivity contribution in [1.82, 2.24) is 0 Å². The van der Waals surface area contributed by atoms with Crippen LogP contribution < -0.4 is 24.8 Å². The molecule has 0 spiro atoms. The molecule has 0 unspecified atom stereocenters. The Morgan fingerprint density at radius 1 is 0.533 bits per heavy atom. The zero-order chi connectivity index (χ0) is 21.2. The molecule has 4 rings (SSSR count). The van der Waals surface area contributed by atoms with Gasteiger partial charge in [-0.1, -0.05) is 49.9 Å². The van der Waals surface area contributed by atoms with Crippen LogP contribution in [0.4, 0.5) is 0 Å². The van der Waals surface area contributed by atoms with E-state index in [1.165, 1.54) is 66.1 Å². The van der Waals surface area contributed by atoms with Crippen molar-refractivity contribution in [3.63, 3.8) is 0 Å². The number of benzene rings is 2. The molecule has 0 fully saturated rings. The summed E-state index contributed by atoms with van der Waals surface area (Å²) in [6, 6.07) is 13.4. The van der Waals surface area contributed by atoms with Gasteiger partial charge in [-0.05, 0) is 27.7 Å². The third-order valence-corrected chi connectivity index (χ3v) is 6.21. The predicted molar refractivity (Wildman–Crippen MR) is 124 cm³/mol. The van der Waals surface area contributed by atoms with Crippen LogP contribution >= 0.6 is 0 Å². The number of hydrogen-bond donors (Lipinski definition) is 0. The molecule has 0 amide bonds. The summed E-state index contributed by atoms with van der Waals surface area (Å²) in [6.07, 6.45) is 0. The van der Waals surface area contributed by atoms with Gasteiger partial charge in [0.2, 0.25) is 0 Å². The molecule has 0 aromatic heterocycles. The Bertz CT molecular complexity index is 1040. The first-order valence-corrected chi connectivity index (χ1v) is 10.9. The van der Waals surface area contributed by atoms with Crippen molar-refractivity contribution in [3.8, 4) is 0 Å². The quantitative estimate of drug-likeness (QED) is 0.268. The normalized spacial score (nSPS) is 9.80. The Labute approximate surface area is 206 Å². The zero-order valence-corrected chi connectivity index (χ0v) is 22.5. The largest absolute Gasteiger partial charge is 1.00 e. The van der Waals surface area contributed by atoms with Gasteiger partial charge in [-0.3, -0.25) is 0 Å². The van der Waals surface area contributed by atoms with Gasteiger partial charge < -0.3 is 24.8 Å². The summed E-state index contributed by atoms with van der Waals surface area (Å²) >= 11 is 1.75. The molecule has 0 saturated carbocycles. The summed E-state index contributed by atoms with van der Waals surface area (Å²) in [5.41, 5.74) is 11.3. The fraction of sp³-hybridized carbons (Fsp3) is 0.296. The van der Waals surface area contributed by atoms with Crippen LogP contribution in [0.2, 0.25) is 0 Å². The molecule has 160 valence electrons. The maximum absolute atomic E-state index is 3.25. The number of aryl methyl sites for hydroxylation is 8. The van der Waals surface area contributed by atoms with Crippen LogP contribution in [0.25, 0.3) is 21.5 Å². The van der Waals surface area contributed by atoms with E-state index in [0.29, 0.717) is 0 Å². The molecule has 0 saturated heterocycles. The monoisotopic (exact) mass is 474 g/mol. The van der Waals surface area contributed by atoms with Crippen LogP contribution in [-0.2, 0) is 20.0 Å². The molecule has 0 N–H and O–H groups in total. The average Bonchev–Trinajstić information content (AvgIpc) is 3.14. The number of fused-ring (bicyclic) bond motifs is 2. The van der Waals surface area contributed by atoms with Gasteiger partial charge in [-0.2, -0.15) is 11.1 Å². The van der Waals surface area contributed by atoms with Gasteiger partial charge in [-0.15, -0.1) is 69.1 Å². The molecule has 0 atom stereocenters. The number of rotatable bonds is 0. The Balaban J connectivity index is 0.000000488. The van der Waals surface area contributed by atoms with Crippen molar-refractivity contribution in [1.29, 1.82) is 0 Å². The molecule has 0 bridgehead atoms. The van der Waals surface area contributed by atoms with Crippen LogP contribution in [0.3, 0.4) is 0 Å². The van der Waals surface area contributed by atoms with Crippen LogP contribution in [0.1, 0.15) is 44.5 Å². The Kier molecular flexibility index (Phi) is 11.5. The molecule has 0 heterocycles. The van der Waals surface area contributed by atoms with Crippen molar-refractivity contribution in [3.05, 3.63) is 80.9 Å². The molecule has 0 nitrogen and oxygen atoms in total. The van der Waals surface area contributed by atoms with E-state index in [-0.39, 0.29) is 24.8 Å². The molecule has 30 heavy (non-hydrogen) atoms. The summed E-state index contributed by atoms with van der Waals surface area (Å²) in [5, 5.41) is 5.69. The first-order valence-electron chi connectivity index (χ1n) is 9.83. The SMILES string of the molecule is Cc1ccc2[cH-]c(C)c(C)c2c1C.Cc1ccc2[cH-]c(C)c(C)c2c1C.[CH2]=[Ti+2].[Cl-].[Cl-]. The molecule has 4 aromatic carbocycles. The van der Waals surface area contributed by atoms with Gasteiger partial charge in [-0.25, -0.2) is 0 Å². The molecule has 4 aromatic rings. The van der Waals surface area contributed by atoms with E-state index in [2.05, 4.69) is 96.6 Å². The van der Waals surface area contributed by atoms with E-state index in [1.54, 1.807) is 20.0 Å². The smallest absolute Gasteiger partial charge is 1.00 e. The topological polar surface area (TPSA) is 0 Å². The summed E-state index contributed by atoms with van der Waals surface area (Å²) in [4.78, 5) is 3.25.